The van der Waals surface area contributed by atoms with Crippen molar-refractivity contribution in [3.05, 3.63) is 58.1 Å². The molecule has 0 aromatic heterocycles. The van der Waals surface area contributed by atoms with E-state index in [1.165, 1.54) is 7.11 Å². The minimum Gasteiger partial charge on any atom is -0.497 e. The molecular weight excluding hydrogens is 336 g/mol. The molecule has 0 saturated heterocycles. The monoisotopic (exact) mass is 350 g/mol. The Morgan fingerprint density at radius 1 is 1.10 bits per heavy atom. The summed E-state index contributed by atoms with van der Waals surface area (Å²) in [5.74, 6) is 1.14. The molecule has 2 aromatic rings. The number of benzene rings is 2. The van der Waals surface area contributed by atoms with Crippen LogP contribution in [0.15, 0.2) is 46.9 Å². The first kappa shape index (κ1) is 15.4. The van der Waals surface area contributed by atoms with E-state index < -0.39 is 0 Å². The van der Waals surface area contributed by atoms with E-state index in [4.69, 9.17) is 9.47 Å². The highest BCUT2D eigenvalue weighted by Gasteiger charge is 2.06. The van der Waals surface area contributed by atoms with Gasteiger partial charge in [0.1, 0.15) is 18.1 Å². The second-order valence-corrected chi connectivity index (χ2v) is 5.13. The first-order chi connectivity index (χ1) is 10.1. The van der Waals surface area contributed by atoms with Crippen LogP contribution in [0.5, 0.6) is 11.5 Å². The number of carbonyl (C=O) groups is 1. The van der Waals surface area contributed by atoms with Gasteiger partial charge in [-0.2, -0.15) is 0 Å². The SMILES string of the molecule is COC(=O)c1ccc(COc2ccc(OC)cc2Br)cc1. The van der Waals surface area contributed by atoms with Crippen LogP contribution in [0.4, 0.5) is 0 Å². The van der Waals surface area contributed by atoms with Crippen molar-refractivity contribution in [2.24, 2.45) is 0 Å². The van der Waals surface area contributed by atoms with Crippen molar-refractivity contribution in [1.29, 1.82) is 0 Å². The number of halogens is 1. The summed E-state index contributed by atoms with van der Waals surface area (Å²) < 4.78 is 16.3. The summed E-state index contributed by atoms with van der Waals surface area (Å²) in [6.45, 7) is 0.409. The molecule has 4 nitrogen and oxygen atoms in total. The van der Waals surface area contributed by atoms with Gasteiger partial charge in [-0.25, -0.2) is 4.79 Å². The third-order valence-corrected chi connectivity index (χ3v) is 3.53. The van der Waals surface area contributed by atoms with Crippen LogP contribution < -0.4 is 9.47 Å². The second-order valence-electron chi connectivity index (χ2n) is 4.27. The lowest BCUT2D eigenvalue weighted by molar-refractivity contribution is 0.0600. The molecule has 0 aliphatic rings. The molecule has 0 bridgehead atoms. The maximum Gasteiger partial charge on any atom is 0.337 e. The highest BCUT2D eigenvalue weighted by molar-refractivity contribution is 9.10. The van der Waals surface area contributed by atoms with E-state index in [0.29, 0.717) is 12.2 Å². The van der Waals surface area contributed by atoms with Crippen LogP contribution in [0.2, 0.25) is 0 Å². The fourth-order valence-corrected chi connectivity index (χ4v) is 2.21. The van der Waals surface area contributed by atoms with Crippen LogP contribution in [-0.2, 0) is 11.3 Å². The molecule has 2 aromatic carbocycles. The van der Waals surface area contributed by atoms with Crippen LogP contribution in [-0.4, -0.2) is 20.2 Å². The summed E-state index contributed by atoms with van der Waals surface area (Å²) in [7, 11) is 2.98. The highest BCUT2D eigenvalue weighted by atomic mass is 79.9. The molecule has 0 spiro atoms. The molecule has 0 radical (unpaired) electrons. The van der Waals surface area contributed by atoms with Gasteiger partial charge in [0.15, 0.2) is 0 Å². The van der Waals surface area contributed by atoms with E-state index in [1.807, 2.05) is 30.3 Å². The summed E-state index contributed by atoms with van der Waals surface area (Å²) in [6, 6.07) is 12.6. The van der Waals surface area contributed by atoms with Gasteiger partial charge in [-0.3, -0.25) is 0 Å². The van der Waals surface area contributed by atoms with Crippen molar-refractivity contribution < 1.29 is 19.0 Å². The smallest absolute Gasteiger partial charge is 0.337 e. The summed E-state index contributed by atoms with van der Waals surface area (Å²) in [5, 5.41) is 0. The van der Waals surface area contributed by atoms with Crippen molar-refractivity contribution in [3.8, 4) is 11.5 Å². The van der Waals surface area contributed by atoms with E-state index >= 15 is 0 Å². The number of methoxy groups -OCH3 is 2. The summed E-state index contributed by atoms with van der Waals surface area (Å²) in [4.78, 5) is 11.3. The van der Waals surface area contributed by atoms with Gasteiger partial charge in [-0.05, 0) is 51.8 Å². The minimum absolute atomic E-state index is 0.347. The molecule has 0 aliphatic heterocycles. The van der Waals surface area contributed by atoms with Crippen molar-refractivity contribution in [2.45, 2.75) is 6.61 Å². The molecule has 0 unspecified atom stereocenters. The molecule has 0 fully saturated rings. The zero-order chi connectivity index (χ0) is 15.2. The molecule has 21 heavy (non-hydrogen) atoms. The molecule has 2 rings (SSSR count). The van der Waals surface area contributed by atoms with Gasteiger partial charge >= 0.3 is 5.97 Å². The maximum absolute atomic E-state index is 11.3. The molecule has 5 heteroatoms. The Balaban J connectivity index is 2.01. The molecule has 0 amide bonds. The first-order valence-electron chi connectivity index (χ1n) is 6.27. The normalized spacial score (nSPS) is 10.0. The van der Waals surface area contributed by atoms with Gasteiger partial charge in [0.25, 0.3) is 0 Å². The average Bonchev–Trinajstić information content (AvgIpc) is 2.53. The standard InChI is InChI=1S/C16H15BrO4/c1-19-13-7-8-15(14(17)9-13)21-10-11-3-5-12(6-4-11)16(18)20-2/h3-9H,10H2,1-2H3. The van der Waals surface area contributed by atoms with Crippen LogP contribution in [0.1, 0.15) is 15.9 Å². The number of esters is 1. The average molecular weight is 351 g/mol. The summed E-state index contributed by atoms with van der Waals surface area (Å²) >= 11 is 3.44. The quantitative estimate of drug-likeness (QED) is 0.769. The van der Waals surface area contributed by atoms with Crippen molar-refractivity contribution in [3.63, 3.8) is 0 Å². The highest BCUT2D eigenvalue weighted by Crippen LogP contribution is 2.29. The lowest BCUT2D eigenvalue weighted by Crippen LogP contribution is -2.02. The van der Waals surface area contributed by atoms with Crippen LogP contribution in [0.25, 0.3) is 0 Å². The maximum atomic E-state index is 11.3. The van der Waals surface area contributed by atoms with Gasteiger partial charge in [0, 0.05) is 0 Å². The molecule has 0 saturated carbocycles. The summed E-state index contributed by atoms with van der Waals surface area (Å²) in [5.41, 5.74) is 1.48. The fourth-order valence-electron chi connectivity index (χ4n) is 1.74. The summed E-state index contributed by atoms with van der Waals surface area (Å²) in [6.07, 6.45) is 0. The van der Waals surface area contributed by atoms with Gasteiger partial charge in [0.05, 0.1) is 24.3 Å². The van der Waals surface area contributed by atoms with Crippen molar-refractivity contribution in [2.75, 3.05) is 14.2 Å². The van der Waals surface area contributed by atoms with E-state index in [0.717, 1.165) is 21.5 Å². The molecule has 0 heterocycles. The second kappa shape index (κ2) is 7.13. The Morgan fingerprint density at radius 3 is 2.38 bits per heavy atom. The van der Waals surface area contributed by atoms with Crippen molar-refractivity contribution >= 4 is 21.9 Å². The lowest BCUT2D eigenvalue weighted by Gasteiger charge is -2.10. The minimum atomic E-state index is -0.347. The first-order valence-corrected chi connectivity index (χ1v) is 7.07. The lowest BCUT2D eigenvalue weighted by atomic mass is 10.1. The predicted octanol–water partition coefficient (Wildman–Crippen LogP) is 3.82. The Morgan fingerprint density at radius 2 is 1.81 bits per heavy atom. The number of hydrogen-bond acceptors (Lipinski definition) is 4. The van der Waals surface area contributed by atoms with Crippen LogP contribution in [0.3, 0.4) is 0 Å². The third kappa shape index (κ3) is 3.98. The molecule has 110 valence electrons. The van der Waals surface area contributed by atoms with Crippen LogP contribution >= 0.6 is 15.9 Å². The molecule has 0 N–H and O–H groups in total. The van der Waals surface area contributed by atoms with E-state index in [1.54, 1.807) is 19.2 Å². The Hall–Kier alpha value is -2.01. The number of hydrogen-bond donors (Lipinski definition) is 0. The molecule has 0 aliphatic carbocycles. The molecular formula is C16H15BrO4. The van der Waals surface area contributed by atoms with Crippen LogP contribution in [0, 0.1) is 0 Å². The van der Waals surface area contributed by atoms with Gasteiger partial charge in [0.2, 0.25) is 0 Å². The largest absolute Gasteiger partial charge is 0.497 e. The van der Waals surface area contributed by atoms with Crippen molar-refractivity contribution in [1.82, 2.24) is 0 Å². The van der Waals surface area contributed by atoms with E-state index in [2.05, 4.69) is 20.7 Å². The Kier molecular flexibility index (Phi) is 5.22. The van der Waals surface area contributed by atoms with Gasteiger partial charge < -0.3 is 14.2 Å². The van der Waals surface area contributed by atoms with Gasteiger partial charge in [-0.15, -0.1) is 0 Å². The predicted molar refractivity (Wildman–Crippen MR) is 82.8 cm³/mol. The number of ether oxygens (including phenoxy) is 3. The Labute approximate surface area is 131 Å². The molecule has 0 atom stereocenters. The number of rotatable bonds is 5. The zero-order valence-corrected chi connectivity index (χ0v) is 13.3. The zero-order valence-electron chi connectivity index (χ0n) is 11.8. The van der Waals surface area contributed by atoms with E-state index in [-0.39, 0.29) is 5.97 Å². The van der Waals surface area contributed by atoms with E-state index in [9.17, 15) is 4.79 Å². The Bertz CT molecular complexity index is 623. The number of carbonyl (C=O) groups excluding carboxylic acids is 1. The third-order valence-electron chi connectivity index (χ3n) is 2.91. The van der Waals surface area contributed by atoms with Gasteiger partial charge in [-0.1, -0.05) is 12.1 Å². The fraction of sp³-hybridized carbons (Fsp3) is 0.188. The topological polar surface area (TPSA) is 44.8 Å².